The quantitative estimate of drug-likeness (QED) is 0.153. The van der Waals surface area contributed by atoms with Crippen molar-refractivity contribution in [2.24, 2.45) is 0 Å². The number of carbonyl (C=O) groups excluding carboxylic acids is 1. The van der Waals surface area contributed by atoms with Crippen molar-refractivity contribution in [2.75, 3.05) is 13.2 Å². The molecule has 15 heteroatoms. The minimum absolute atomic E-state index is 0.766. The molecule has 0 radical (unpaired) electrons. The molecule has 2 aliphatic rings. The summed E-state index contributed by atoms with van der Waals surface area (Å²) in [6.07, 6.45) is -20.3. The topological polar surface area (TPSA) is 253 Å². The smallest absolute Gasteiger partial charge is 0.335 e. The molecule has 2 aliphatic heterocycles. The number of ether oxygens (including phenoxy) is 4. The van der Waals surface area contributed by atoms with Crippen LogP contribution in [0, 0.1) is 0 Å². The summed E-state index contributed by atoms with van der Waals surface area (Å²) in [5.74, 6) is -2.83. The van der Waals surface area contributed by atoms with Crippen LogP contribution in [-0.4, -0.2) is 139 Å². The number of hydrogen-bond acceptors (Lipinski definition) is 14. The van der Waals surface area contributed by atoms with Crippen molar-refractivity contribution in [3.8, 4) is 0 Å². The van der Waals surface area contributed by atoms with Crippen molar-refractivity contribution in [1.29, 1.82) is 0 Å². The van der Waals surface area contributed by atoms with E-state index in [9.17, 15) is 50.4 Å². The number of rotatable bonds is 8. The first-order valence-electron chi connectivity index (χ1n) is 9.20. The Labute approximate surface area is 174 Å². The minimum atomic E-state index is -2.01. The minimum Gasteiger partial charge on any atom is -0.481 e. The van der Waals surface area contributed by atoms with Gasteiger partial charge in [0.1, 0.15) is 55.4 Å². The van der Waals surface area contributed by atoms with Crippen LogP contribution in [0.25, 0.3) is 0 Å². The molecule has 2 heterocycles. The third-order valence-corrected chi connectivity index (χ3v) is 4.83. The lowest BCUT2D eigenvalue weighted by Gasteiger charge is -2.45. The van der Waals surface area contributed by atoms with Crippen LogP contribution in [-0.2, 0) is 28.5 Å². The Hall–Kier alpha value is -1.50. The zero-order valence-corrected chi connectivity index (χ0v) is 15.9. The van der Waals surface area contributed by atoms with Gasteiger partial charge in [0.05, 0.1) is 13.0 Å². The fraction of sp³-hybridized carbons (Fsp3) is 0.875. The van der Waals surface area contributed by atoms with Crippen LogP contribution in [0.15, 0.2) is 0 Å². The van der Waals surface area contributed by atoms with E-state index in [4.69, 9.17) is 24.1 Å². The van der Waals surface area contributed by atoms with E-state index in [1.54, 1.807) is 0 Å². The van der Waals surface area contributed by atoms with Gasteiger partial charge in [-0.05, 0) is 0 Å². The molecule has 2 fully saturated rings. The van der Waals surface area contributed by atoms with Crippen LogP contribution >= 0.6 is 0 Å². The van der Waals surface area contributed by atoms with Gasteiger partial charge in [-0.1, -0.05) is 0 Å². The van der Waals surface area contributed by atoms with Crippen LogP contribution in [0.2, 0.25) is 0 Å². The highest BCUT2D eigenvalue weighted by atomic mass is 16.7. The Balaban J connectivity index is 2.11. The van der Waals surface area contributed by atoms with Crippen molar-refractivity contribution in [3.63, 3.8) is 0 Å². The van der Waals surface area contributed by atoms with E-state index in [2.05, 4.69) is 0 Å². The lowest BCUT2D eigenvalue weighted by Crippen LogP contribution is -2.64. The molecule has 0 spiro atoms. The Bertz CT molecular complexity index is 614. The number of aliphatic carboxylic acids is 1. The second kappa shape index (κ2) is 10.9. The van der Waals surface area contributed by atoms with Gasteiger partial charge < -0.3 is 64.9 Å². The Morgan fingerprint density at radius 1 is 0.871 bits per heavy atom. The summed E-state index contributed by atoms with van der Waals surface area (Å²) in [6, 6.07) is 0. The summed E-state index contributed by atoms with van der Waals surface area (Å²) in [5, 5.41) is 86.7. The van der Waals surface area contributed by atoms with Crippen LogP contribution in [0.4, 0.5) is 0 Å². The second-order valence-electron chi connectivity index (χ2n) is 7.09. The molecule has 0 aromatic carbocycles. The third kappa shape index (κ3) is 6.05. The van der Waals surface area contributed by atoms with Crippen LogP contribution in [0.3, 0.4) is 0 Å². The molecular weight excluding hydrogens is 432 g/mol. The summed E-state index contributed by atoms with van der Waals surface area (Å²) in [4.78, 5) is 22.2. The van der Waals surface area contributed by atoms with Gasteiger partial charge in [-0.2, -0.15) is 0 Å². The lowest BCUT2D eigenvalue weighted by molar-refractivity contribution is -0.355. The zero-order valence-electron chi connectivity index (χ0n) is 15.9. The highest BCUT2D eigenvalue weighted by molar-refractivity contribution is 5.80. The largest absolute Gasteiger partial charge is 0.481 e. The Kier molecular flexibility index (Phi) is 9.04. The fourth-order valence-corrected chi connectivity index (χ4v) is 3.07. The number of aliphatic hydroxyl groups excluding tert-OH is 8. The summed E-state index contributed by atoms with van der Waals surface area (Å²) >= 11 is 0. The van der Waals surface area contributed by atoms with Crippen molar-refractivity contribution in [3.05, 3.63) is 0 Å². The van der Waals surface area contributed by atoms with Gasteiger partial charge in [0.2, 0.25) is 0 Å². The first kappa shape index (κ1) is 25.8. The van der Waals surface area contributed by atoms with E-state index in [0.29, 0.717) is 0 Å². The molecule has 0 aliphatic carbocycles. The average molecular weight is 458 g/mol. The van der Waals surface area contributed by atoms with E-state index in [1.807, 2.05) is 0 Å². The SMILES string of the molecule is O=C(O)CC(O)C(=O)OC[C@H]1OC(O)[C@H](O)[C@@H](O)[C@@H]1O[C@H]1O[C@H](CO)[C@@H](O)[C@H](O)[C@H]1O. The summed E-state index contributed by atoms with van der Waals surface area (Å²) in [6.45, 7) is -1.56. The first-order valence-corrected chi connectivity index (χ1v) is 9.20. The maximum Gasteiger partial charge on any atom is 0.335 e. The van der Waals surface area contributed by atoms with Crippen LogP contribution in [0.1, 0.15) is 6.42 Å². The normalized spacial score (nSPS) is 42.1. The maximum atomic E-state index is 11.7. The van der Waals surface area contributed by atoms with E-state index in [-0.39, 0.29) is 0 Å². The van der Waals surface area contributed by atoms with Gasteiger partial charge >= 0.3 is 11.9 Å². The van der Waals surface area contributed by atoms with Gasteiger partial charge in [0.15, 0.2) is 18.7 Å². The third-order valence-electron chi connectivity index (χ3n) is 4.83. The molecule has 2 rings (SSSR count). The highest BCUT2D eigenvalue weighted by Gasteiger charge is 2.50. The molecule has 31 heavy (non-hydrogen) atoms. The number of esters is 1. The zero-order chi connectivity index (χ0) is 23.5. The van der Waals surface area contributed by atoms with Crippen molar-refractivity contribution < 1.29 is 74.5 Å². The van der Waals surface area contributed by atoms with Crippen molar-refractivity contribution in [1.82, 2.24) is 0 Å². The predicted octanol–water partition coefficient (Wildman–Crippen LogP) is -6.01. The van der Waals surface area contributed by atoms with Gasteiger partial charge in [-0.15, -0.1) is 0 Å². The number of aliphatic hydroxyl groups is 8. The number of carboxylic acid groups (broad SMARTS) is 1. The van der Waals surface area contributed by atoms with E-state index < -0.39 is 99.1 Å². The van der Waals surface area contributed by atoms with Crippen molar-refractivity contribution >= 4 is 11.9 Å². The molecular formula is C16H26O15. The summed E-state index contributed by atoms with van der Waals surface area (Å²) in [7, 11) is 0. The van der Waals surface area contributed by atoms with Gasteiger partial charge in [0, 0.05) is 0 Å². The molecule has 0 aromatic heterocycles. The molecule has 0 bridgehead atoms. The Morgan fingerprint density at radius 2 is 1.52 bits per heavy atom. The molecule has 2 unspecified atom stereocenters. The Morgan fingerprint density at radius 3 is 2.10 bits per heavy atom. The molecule has 180 valence electrons. The predicted molar refractivity (Wildman–Crippen MR) is 90.8 cm³/mol. The van der Waals surface area contributed by atoms with E-state index in [1.165, 1.54) is 0 Å². The van der Waals surface area contributed by atoms with Crippen molar-refractivity contribution in [2.45, 2.75) is 73.9 Å². The molecule has 0 saturated carbocycles. The summed E-state index contributed by atoms with van der Waals surface area (Å²) in [5.41, 5.74) is 0. The van der Waals surface area contributed by atoms with Gasteiger partial charge in [-0.25, -0.2) is 4.79 Å². The maximum absolute atomic E-state index is 11.7. The lowest BCUT2D eigenvalue weighted by atomic mass is 9.97. The van der Waals surface area contributed by atoms with Crippen LogP contribution < -0.4 is 0 Å². The molecule has 0 amide bonds. The van der Waals surface area contributed by atoms with E-state index >= 15 is 0 Å². The average Bonchev–Trinajstić information content (AvgIpc) is 2.72. The monoisotopic (exact) mass is 458 g/mol. The molecule has 9 N–H and O–H groups in total. The fourth-order valence-electron chi connectivity index (χ4n) is 3.07. The van der Waals surface area contributed by atoms with Gasteiger partial charge in [-0.3, -0.25) is 4.79 Å². The first-order chi connectivity index (χ1) is 14.5. The molecule has 0 aromatic rings. The summed E-state index contributed by atoms with van der Waals surface area (Å²) < 4.78 is 20.2. The second-order valence-corrected chi connectivity index (χ2v) is 7.09. The number of carboxylic acids is 1. The molecule has 11 atom stereocenters. The number of carbonyl (C=O) groups is 2. The molecule has 2 saturated heterocycles. The van der Waals surface area contributed by atoms with Crippen LogP contribution in [0.5, 0.6) is 0 Å². The number of hydrogen-bond donors (Lipinski definition) is 9. The van der Waals surface area contributed by atoms with Gasteiger partial charge in [0.25, 0.3) is 0 Å². The standard InChI is InChI=1S/C16H26O15/c17-2-5-8(21)9(22)12(25)16(30-5)31-13-6(29-15(27)11(24)10(13)23)3-28-14(26)4(18)1-7(19)20/h4-6,8-13,15-18,21-25,27H,1-3H2,(H,19,20)/t4?,5-,6-,8-,9+,10-,11-,12-,13-,15?,16-/m1/s1. The highest BCUT2D eigenvalue weighted by Crippen LogP contribution is 2.28. The molecule has 15 nitrogen and oxygen atoms in total. The van der Waals surface area contributed by atoms with E-state index in [0.717, 1.165) is 0 Å².